The summed E-state index contributed by atoms with van der Waals surface area (Å²) in [5.41, 5.74) is 9.77. The molecule has 1 fully saturated rings. The van der Waals surface area contributed by atoms with E-state index in [4.69, 9.17) is 16.0 Å². The van der Waals surface area contributed by atoms with Crippen LogP contribution < -0.4 is 5.73 Å². The molecule has 24 heavy (non-hydrogen) atoms. The molecule has 128 valence electrons. The maximum atomic E-state index is 7.63. The van der Waals surface area contributed by atoms with Crippen molar-refractivity contribution >= 4 is 17.2 Å². The molecule has 1 aromatic rings. The first kappa shape index (κ1) is 17.8. The molecule has 0 bridgehead atoms. The quantitative estimate of drug-likeness (QED) is 0.375. The predicted molar refractivity (Wildman–Crippen MR) is 99.8 cm³/mol. The molecule has 5 nitrogen and oxygen atoms in total. The fourth-order valence-electron chi connectivity index (χ4n) is 3.06. The molecular formula is C19H26N4O. The molecule has 3 N–H and O–H groups in total. The maximum absolute atomic E-state index is 7.63. The summed E-state index contributed by atoms with van der Waals surface area (Å²) < 4.78 is 0. The van der Waals surface area contributed by atoms with E-state index in [2.05, 4.69) is 30.8 Å². The van der Waals surface area contributed by atoms with Crippen molar-refractivity contribution in [1.82, 2.24) is 4.90 Å². The Balaban J connectivity index is 2.12. The van der Waals surface area contributed by atoms with Crippen molar-refractivity contribution in [3.8, 4) is 0 Å². The van der Waals surface area contributed by atoms with Gasteiger partial charge in [-0.1, -0.05) is 42.1 Å². The minimum Gasteiger partial charge on any atom is -0.370 e. The summed E-state index contributed by atoms with van der Waals surface area (Å²) in [6, 6.07) is 8.11. The van der Waals surface area contributed by atoms with Crippen LogP contribution in [0.15, 0.2) is 47.8 Å². The van der Waals surface area contributed by atoms with Crippen LogP contribution in [-0.4, -0.2) is 29.2 Å². The molecule has 1 heterocycles. The Morgan fingerprint density at radius 3 is 2.79 bits per heavy atom. The normalized spacial score (nSPS) is 18.6. The van der Waals surface area contributed by atoms with Gasteiger partial charge in [-0.3, -0.25) is 5.41 Å². The van der Waals surface area contributed by atoms with Crippen molar-refractivity contribution in [3.05, 3.63) is 53.8 Å². The second-order valence-electron chi connectivity index (χ2n) is 5.99. The highest BCUT2D eigenvalue weighted by atomic mass is 16.6. The molecule has 0 aromatic heterocycles. The van der Waals surface area contributed by atoms with E-state index in [0.29, 0.717) is 5.76 Å². The predicted octanol–water partition coefficient (Wildman–Crippen LogP) is 3.66. The van der Waals surface area contributed by atoms with E-state index < -0.39 is 0 Å². The second kappa shape index (κ2) is 7.81. The summed E-state index contributed by atoms with van der Waals surface area (Å²) in [4.78, 5) is 7.37. The number of nitrogens with one attached hydrogen (secondary N) is 1. The molecule has 0 aliphatic carbocycles. The molecule has 5 heteroatoms. The van der Waals surface area contributed by atoms with Crippen LogP contribution in [0.25, 0.3) is 5.57 Å². The van der Waals surface area contributed by atoms with Gasteiger partial charge in [0.05, 0.1) is 11.8 Å². The van der Waals surface area contributed by atoms with Crippen molar-refractivity contribution in [1.29, 1.82) is 5.41 Å². The number of nitrogens with zero attached hydrogens (tertiary/aromatic N) is 2. The van der Waals surface area contributed by atoms with Crippen molar-refractivity contribution in [2.24, 2.45) is 10.9 Å². The number of oxime groups is 1. The number of likely N-dealkylation sites (tertiary alicyclic amines) is 1. The van der Waals surface area contributed by atoms with E-state index in [-0.39, 0.29) is 12.0 Å². The summed E-state index contributed by atoms with van der Waals surface area (Å²) in [7, 11) is 0. The lowest BCUT2D eigenvalue weighted by Crippen LogP contribution is -2.41. The van der Waals surface area contributed by atoms with Gasteiger partial charge in [0.2, 0.25) is 0 Å². The summed E-state index contributed by atoms with van der Waals surface area (Å²) in [6.07, 6.45) is 3.88. The molecule has 0 saturated carbocycles. The van der Waals surface area contributed by atoms with Gasteiger partial charge < -0.3 is 15.5 Å². The molecule has 1 aromatic carbocycles. The highest BCUT2D eigenvalue weighted by Gasteiger charge is 2.29. The third-order valence-corrected chi connectivity index (χ3v) is 4.35. The third kappa shape index (κ3) is 3.85. The number of hydrogen-bond donors (Lipinski definition) is 2. The standard InChI is InChI=1S/C19H26N4O/c1-5-16(17-10-7-6-9-13(17)2)14(3)22-24-15(4)18-11-8-12-23(18)19(20)21/h5-7,9-10,18H,4,8,11-12H2,1-3H3,(H3,20,21)/b16-5-,22-14+/t18-/m0/s1. The Morgan fingerprint density at radius 1 is 1.46 bits per heavy atom. The number of nitrogens with two attached hydrogens (primary N) is 1. The minimum absolute atomic E-state index is 0.0528. The third-order valence-electron chi connectivity index (χ3n) is 4.35. The maximum Gasteiger partial charge on any atom is 0.189 e. The summed E-state index contributed by atoms with van der Waals surface area (Å²) in [6.45, 7) is 10.7. The van der Waals surface area contributed by atoms with Crippen molar-refractivity contribution in [3.63, 3.8) is 0 Å². The Kier molecular flexibility index (Phi) is 5.79. The Bertz CT molecular complexity index is 690. The van der Waals surface area contributed by atoms with Gasteiger partial charge in [0.15, 0.2) is 5.96 Å². The van der Waals surface area contributed by atoms with Crippen LogP contribution in [0.2, 0.25) is 0 Å². The first-order valence-electron chi connectivity index (χ1n) is 8.19. The van der Waals surface area contributed by atoms with E-state index in [0.717, 1.165) is 36.2 Å². The van der Waals surface area contributed by atoms with Crippen LogP contribution in [0.4, 0.5) is 0 Å². The molecule has 1 aliphatic rings. The highest BCUT2D eigenvalue weighted by molar-refractivity contribution is 6.22. The fourth-order valence-corrected chi connectivity index (χ4v) is 3.06. The average Bonchev–Trinajstić information content (AvgIpc) is 3.05. The van der Waals surface area contributed by atoms with E-state index in [9.17, 15) is 0 Å². The van der Waals surface area contributed by atoms with E-state index in [1.165, 1.54) is 5.56 Å². The topological polar surface area (TPSA) is 74.7 Å². The molecule has 0 spiro atoms. The zero-order valence-electron chi connectivity index (χ0n) is 14.7. The fraction of sp³-hybridized carbons (Fsp3) is 0.368. The molecule has 0 radical (unpaired) electrons. The van der Waals surface area contributed by atoms with Crippen molar-refractivity contribution in [2.75, 3.05) is 6.54 Å². The van der Waals surface area contributed by atoms with E-state index in [1.807, 2.05) is 32.1 Å². The average molecular weight is 326 g/mol. The van der Waals surface area contributed by atoms with E-state index in [1.54, 1.807) is 4.90 Å². The lowest BCUT2D eigenvalue weighted by Gasteiger charge is -2.24. The first-order chi connectivity index (χ1) is 11.5. The Morgan fingerprint density at radius 2 is 2.17 bits per heavy atom. The largest absolute Gasteiger partial charge is 0.370 e. The zero-order chi connectivity index (χ0) is 17.7. The molecule has 2 rings (SSSR count). The number of aryl methyl sites for hydroxylation is 1. The summed E-state index contributed by atoms with van der Waals surface area (Å²) in [5.74, 6) is 0.583. The lowest BCUT2D eigenvalue weighted by atomic mass is 9.97. The number of benzene rings is 1. The van der Waals surface area contributed by atoms with Gasteiger partial charge in [0.1, 0.15) is 5.76 Å². The van der Waals surface area contributed by atoms with Gasteiger partial charge in [-0.05, 0) is 44.7 Å². The van der Waals surface area contributed by atoms with Crippen molar-refractivity contribution < 1.29 is 4.84 Å². The smallest absolute Gasteiger partial charge is 0.189 e. The van der Waals surface area contributed by atoms with Crippen LogP contribution in [0.3, 0.4) is 0 Å². The van der Waals surface area contributed by atoms with Crippen LogP contribution in [0.5, 0.6) is 0 Å². The number of rotatable bonds is 5. The first-order valence-corrected chi connectivity index (χ1v) is 8.19. The van der Waals surface area contributed by atoms with Gasteiger partial charge in [-0.15, -0.1) is 0 Å². The van der Waals surface area contributed by atoms with Crippen molar-refractivity contribution in [2.45, 2.75) is 39.7 Å². The number of guanidine groups is 1. The molecular weight excluding hydrogens is 300 g/mol. The van der Waals surface area contributed by atoms with E-state index >= 15 is 0 Å². The van der Waals surface area contributed by atoms with Gasteiger partial charge in [-0.2, -0.15) is 0 Å². The van der Waals surface area contributed by atoms with Crippen LogP contribution >= 0.6 is 0 Å². The molecule has 0 amide bonds. The molecule has 1 saturated heterocycles. The molecule has 1 atom stereocenters. The number of hydrogen-bond acceptors (Lipinski definition) is 3. The van der Waals surface area contributed by atoms with Gasteiger partial charge >= 0.3 is 0 Å². The molecule has 0 unspecified atom stereocenters. The SMILES string of the molecule is C=C(O/N=C(C)/C(=C/C)c1ccccc1C)[C@@H]1CCCN1C(=N)N. The monoisotopic (exact) mass is 326 g/mol. The second-order valence-corrected chi connectivity index (χ2v) is 5.99. The Labute approximate surface area is 144 Å². The minimum atomic E-state index is -0.0773. The Hall–Kier alpha value is -2.56. The van der Waals surface area contributed by atoms with Gasteiger partial charge in [-0.25, -0.2) is 0 Å². The van der Waals surface area contributed by atoms with Crippen LogP contribution in [-0.2, 0) is 4.84 Å². The molecule has 1 aliphatic heterocycles. The van der Waals surface area contributed by atoms with Crippen LogP contribution in [0, 0.1) is 12.3 Å². The highest BCUT2D eigenvalue weighted by Crippen LogP contribution is 2.24. The summed E-state index contributed by atoms with van der Waals surface area (Å²) >= 11 is 0. The van der Waals surface area contributed by atoms with Gasteiger partial charge in [0, 0.05) is 12.1 Å². The van der Waals surface area contributed by atoms with Gasteiger partial charge in [0.25, 0.3) is 0 Å². The zero-order valence-corrected chi connectivity index (χ0v) is 14.7. The lowest BCUT2D eigenvalue weighted by molar-refractivity contribution is 0.181. The number of allylic oxidation sites excluding steroid dienone is 2. The van der Waals surface area contributed by atoms with Crippen LogP contribution in [0.1, 0.15) is 37.8 Å². The summed E-state index contributed by atoms with van der Waals surface area (Å²) in [5, 5.41) is 11.9.